The van der Waals surface area contributed by atoms with Crippen molar-refractivity contribution in [3.8, 4) is 5.75 Å². The lowest BCUT2D eigenvalue weighted by Crippen LogP contribution is -2.52. The Morgan fingerprint density at radius 2 is 1.68 bits per heavy atom. The summed E-state index contributed by atoms with van der Waals surface area (Å²) in [6.45, 7) is 3.39. The zero-order chi connectivity index (χ0) is 27.6. The van der Waals surface area contributed by atoms with E-state index in [2.05, 4.69) is 5.32 Å². The maximum atomic E-state index is 13.5. The van der Waals surface area contributed by atoms with Crippen molar-refractivity contribution in [2.75, 3.05) is 32.2 Å². The first-order valence-electron chi connectivity index (χ1n) is 12.2. The number of aliphatic hydroxyl groups excluding tert-OH is 1. The molecule has 0 unspecified atom stereocenters. The smallest absolute Gasteiger partial charge is 0.243 e. The summed E-state index contributed by atoms with van der Waals surface area (Å²) in [5.74, 6) is -1.17. The van der Waals surface area contributed by atoms with Crippen LogP contribution >= 0.6 is 0 Å². The molecule has 2 aromatic carbocycles. The fraction of sp³-hybridized carbons (Fsp3) is 0.500. The van der Waals surface area contributed by atoms with Crippen molar-refractivity contribution in [3.05, 3.63) is 60.2 Å². The highest BCUT2D eigenvalue weighted by molar-refractivity contribution is 7.90. The van der Waals surface area contributed by atoms with Gasteiger partial charge in [0.25, 0.3) is 0 Å². The Morgan fingerprint density at radius 3 is 2.22 bits per heavy atom. The summed E-state index contributed by atoms with van der Waals surface area (Å²) in [6, 6.07) is 14.4. The van der Waals surface area contributed by atoms with E-state index >= 15 is 0 Å². The minimum Gasteiger partial charge on any atom is -0.497 e. The minimum absolute atomic E-state index is 0.0713. The molecule has 0 saturated carbocycles. The van der Waals surface area contributed by atoms with Crippen LogP contribution in [0.3, 0.4) is 0 Å². The largest absolute Gasteiger partial charge is 0.497 e. The van der Waals surface area contributed by atoms with Gasteiger partial charge in [-0.1, -0.05) is 50.6 Å². The quantitative estimate of drug-likeness (QED) is 0.345. The van der Waals surface area contributed by atoms with Crippen LogP contribution in [0.25, 0.3) is 0 Å². The second-order valence-corrected chi connectivity index (χ2v) is 13.4. The van der Waals surface area contributed by atoms with E-state index in [9.17, 15) is 26.7 Å². The van der Waals surface area contributed by atoms with Crippen molar-refractivity contribution in [3.63, 3.8) is 0 Å². The molecule has 0 aliphatic carbocycles. The van der Waals surface area contributed by atoms with E-state index in [0.717, 1.165) is 18.2 Å². The summed E-state index contributed by atoms with van der Waals surface area (Å²) in [5, 5.41) is 14.0. The summed E-state index contributed by atoms with van der Waals surface area (Å²) in [4.78, 5) is 12.9. The lowest BCUT2D eigenvalue weighted by molar-refractivity contribution is -0.125. The highest BCUT2D eigenvalue weighted by Gasteiger charge is 2.31. The Hall–Kier alpha value is -2.47. The van der Waals surface area contributed by atoms with Crippen LogP contribution in [0, 0.1) is 5.92 Å². The van der Waals surface area contributed by atoms with Crippen LogP contribution in [-0.4, -0.2) is 76.5 Å². The van der Waals surface area contributed by atoms with Gasteiger partial charge in [-0.05, 0) is 42.7 Å². The van der Waals surface area contributed by atoms with Crippen LogP contribution in [0.1, 0.15) is 32.3 Å². The Morgan fingerprint density at radius 1 is 1.05 bits per heavy atom. The molecule has 3 atom stereocenters. The summed E-state index contributed by atoms with van der Waals surface area (Å²) in [5.41, 5.74) is 0.834. The third-order valence-corrected chi connectivity index (χ3v) is 8.92. The number of methoxy groups -OCH3 is 1. The lowest BCUT2D eigenvalue weighted by Gasteiger charge is -2.30. The Kier molecular flexibility index (Phi) is 11.5. The van der Waals surface area contributed by atoms with Crippen molar-refractivity contribution in [2.24, 2.45) is 5.92 Å². The maximum absolute atomic E-state index is 13.5. The van der Waals surface area contributed by atoms with Crippen molar-refractivity contribution in [1.82, 2.24) is 9.62 Å². The summed E-state index contributed by atoms with van der Waals surface area (Å²) >= 11 is 0. The number of rotatable bonds is 15. The van der Waals surface area contributed by atoms with Gasteiger partial charge < -0.3 is 15.2 Å². The van der Waals surface area contributed by atoms with Gasteiger partial charge in [0.1, 0.15) is 15.6 Å². The standard InChI is InChI=1S/C26H38N2O7S2/c1-5-6-16-28(37(33,34)23-14-12-22(35-3)13-15-23)18-25(29)24(17-21-10-8-7-9-11-21)27-26(30)20(2)19-36(4,31)32/h7-15,20,24-25,29H,5-6,16-19H2,1-4H3,(H,27,30)/t20-,24+,25-/m1/s1. The average Bonchev–Trinajstić information content (AvgIpc) is 2.85. The molecule has 9 nitrogen and oxygen atoms in total. The van der Waals surface area contributed by atoms with Crippen molar-refractivity contribution in [2.45, 2.75) is 50.2 Å². The third kappa shape index (κ3) is 9.73. The molecule has 206 valence electrons. The molecule has 0 aliphatic rings. The molecule has 0 aromatic heterocycles. The predicted molar refractivity (Wildman–Crippen MR) is 144 cm³/mol. The summed E-state index contributed by atoms with van der Waals surface area (Å²) in [7, 11) is -5.84. The number of unbranched alkanes of at least 4 members (excludes halogenated alkanes) is 1. The number of hydrogen-bond acceptors (Lipinski definition) is 7. The number of carbonyl (C=O) groups excluding carboxylic acids is 1. The number of carbonyl (C=O) groups is 1. The monoisotopic (exact) mass is 554 g/mol. The van der Waals surface area contributed by atoms with Crippen LogP contribution in [-0.2, 0) is 31.1 Å². The summed E-state index contributed by atoms with van der Waals surface area (Å²) in [6.07, 6.45) is 1.38. The molecule has 0 fully saturated rings. The van der Waals surface area contributed by atoms with Gasteiger partial charge in [-0.15, -0.1) is 0 Å². The number of ether oxygens (including phenoxy) is 1. The highest BCUT2D eigenvalue weighted by Crippen LogP contribution is 2.21. The number of nitrogens with one attached hydrogen (secondary N) is 1. The van der Waals surface area contributed by atoms with E-state index < -0.39 is 43.8 Å². The molecule has 1 amide bonds. The van der Waals surface area contributed by atoms with E-state index in [-0.39, 0.29) is 30.2 Å². The first kappa shape index (κ1) is 30.8. The molecule has 37 heavy (non-hydrogen) atoms. The molecule has 2 aromatic rings. The van der Waals surface area contributed by atoms with Crippen molar-refractivity contribution >= 4 is 25.8 Å². The SMILES string of the molecule is CCCCN(C[C@@H](O)[C@H](Cc1ccccc1)NC(=O)[C@H](C)CS(C)(=O)=O)S(=O)(=O)c1ccc(OC)cc1. The molecule has 2 rings (SSSR count). The lowest BCUT2D eigenvalue weighted by atomic mass is 10.00. The van der Waals surface area contributed by atoms with Crippen molar-refractivity contribution in [1.29, 1.82) is 0 Å². The molecule has 2 N–H and O–H groups in total. The fourth-order valence-corrected chi connectivity index (χ4v) is 6.44. The van der Waals surface area contributed by atoms with E-state index in [1.54, 1.807) is 12.1 Å². The first-order valence-corrected chi connectivity index (χ1v) is 15.7. The molecule has 0 bridgehead atoms. The van der Waals surface area contributed by atoms with Crippen LogP contribution in [0.5, 0.6) is 5.75 Å². The Balaban J connectivity index is 2.31. The predicted octanol–water partition coefficient (Wildman–Crippen LogP) is 2.26. The van der Waals surface area contributed by atoms with Gasteiger partial charge in [0.2, 0.25) is 15.9 Å². The molecule has 11 heteroatoms. The molecular weight excluding hydrogens is 516 g/mol. The zero-order valence-corrected chi connectivity index (χ0v) is 23.5. The number of sulfone groups is 1. The van der Waals surface area contributed by atoms with Crippen molar-refractivity contribution < 1.29 is 31.5 Å². The third-order valence-electron chi connectivity index (χ3n) is 5.94. The van der Waals surface area contributed by atoms with Gasteiger partial charge >= 0.3 is 0 Å². The summed E-state index contributed by atoms with van der Waals surface area (Å²) < 4.78 is 56.6. The van der Waals surface area contributed by atoms with Gasteiger partial charge in [0.05, 0.1) is 29.9 Å². The molecule has 0 spiro atoms. The molecular formula is C26H38N2O7S2. The van der Waals surface area contributed by atoms with Gasteiger partial charge in [-0.3, -0.25) is 4.79 Å². The Bertz CT molecular complexity index is 1200. The molecule has 0 aliphatic heterocycles. The number of hydrogen-bond donors (Lipinski definition) is 2. The second-order valence-electron chi connectivity index (χ2n) is 9.26. The van der Waals surface area contributed by atoms with Gasteiger partial charge in [-0.25, -0.2) is 16.8 Å². The average molecular weight is 555 g/mol. The van der Waals surface area contributed by atoms with E-state index in [1.807, 2.05) is 37.3 Å². The van der Waals surface area contributed by atoms with Crippen LogP contribution in [0.4, 0.5) is 0 Å². The first-order chi connectivity index (χ1) is 17.4. The second kappa shape index (κ2) is 13.9. The Labute approximate surface area is 220 Å². The highest BCUT2D eigenvalue weighted by atomic mass is 32.2. The fourth-order valence-electron chi connectivity index (χ4n) is 3.88. The number of amides is 1. The van der Waals surface area contributed by atoms with Crippen LogP contribution in [0.2, 0.25) is 0 Å². The molecule has 0 saturated heterocycles. The molecule has 0 radical (unpaired) electrons. The van der Waals surface area contributed by atoms with Gasteiger partial charge in [0.15, 0.2) is 0 Å². The topological polar surface area (TPSA) is 130 Å². The number of aliphatic hydroxyl groups is 1. The molecule has 0 heterocycles. The van der Waals surface area contributed by atoms with E-state index in [0.29, 0.717) is 12.2 Å². The van der Waals surface area contributed by atoms with E-state index in [4.69, 9.17) is 4.74 Å². The van der Waals surface area contributed by atoms with E-state index in [1.165, 1.54) is 30.5 Å². The zero-order valence-electron chi connectivity index (χ0n) is 21.8. The van der Waals surface area contributed by atoms with Crippen LogP contribution in [0.15, 0.2) is 59.5 Å². The van der Waals surface area contributed by atoms with Gasteiger partial charge in [-0.2, -0.15) is 4.31 Å². The number of sulfonamides is 1. The van der Waals surface area contributed by atoms with Gasteiger partial charge in [0, 0.05) is 25.3 Å². The normalized spacial score (nSPS) is 14.6. The maximum Gasteiger partial charge on any atom is 0.243 e. The van der Waals surface area contributed by atoms with Crippen LogP contribution < -0.4 is 10.1 Å². The number of benzene rings is 2. The number of nitrogens with zero attached hydrogens (tertiary/aromatic N) is 1. The minimum atomic E-state index is -3.94.